The van der Waals surface area contributed by atoms with Crippen LogP contribution < -0.4 is 0 Å². The minimum Gasteiger partial charge on any atom is -0.388 e. The van der Waals surface area contributed by atoms with Gasteiger partial charge >= 0.3 is 0 Å². The molecular formula is C16H20BrClO3. The van der Waals surface area contributed by atoms with Gasteiger partial charge in [0.15, 0.2) is 0 Å². The minimum absolute atomic E-state index is 0.0915. The third-order valence-corrected chi connectivity index (χ3v) is 5.88. The molecule has 0 radical (unpaired) electrons. The van der Waals surface area contributed by atoms with Crippen LogP contribution in [0.15, 0.2) is 22.7 Å². The summed E-state index contributed by atoms with van der Waals surface area (Å²) in [5.41, 5.74) is 0.826. The molecule has 0 saturated carbocycles. The summed E-state index contributed by atoms with van der Waals surface area (Å²) < 4.78 is 12.3. The minimum atomic E-state index is -0.470. The Kier molecular flexibility index (Phi) is 4.91. The monoisotopic (exact) mass is 374 g/mol. The second-order valence-electron chi connectivity index (χ2n) is 6.02. The molecule has 0 aromatic heterocycles. The Labute approximate surface area is 138 Å². The van der Waals surface area contributed by atoms with Crippen LogP contribution in [0, 0.1) is 5.92 Å². The summed E-state index contributed by atoms with van der Waals surface area (Å²) in [6.07, 6.45) is 3.19. The van der Waals surface area contributed by atoms with E-state index in [2.05, 4.69) is 15.9 Å². The smallest absolute Gasteiger partial charge is 0.0820 e. The maximum Gasteiger partial charge on any atom is 0.0820 e. The maximum absolute atomic E-state index is 10.7. The van der Waals surface area contributed by atoms with Crippen molar-refractivity contribution in [2.45, 2.75) is 37.4 Å². The van der Waals surface area contributed by atoms with Gasteiger partial charge in [-0.1, -0.05) is 17.7 Å². The molecular weight excluding hydrogens is 356 g/mol. The predicted octanol–water partition coefficient (Wildman–Crippen LogP) is 4.11. The Morgan fingerprint density at radius 1 is 1.29 bits per heavy atom. The van der Waals surface area contributed by atoms with Gasteiger partial charge in [0.2, 0.25) is 0 Å². The Hall–Kier alpha value is -0.130. The number of hydrogen-bond acceptors (Lipinski definition) is 3. The van der Waals surface area contributed by atoms with E-state index in [0.717, 1.165) is 55.5 Å². The van der Waals surface area contributed by atoms with Crippen molar-refractivity contribution in [2.75, 3.05) is 19.8 Å². The van der Waals surface area contributed by atoms with Crippen molar-refractivity contribution in [3.05, 3.63) is 33.3 Å². The SMILES string of the molecule is OC(c1ccc(Cl)c(Br)c1)C1CCOC2(CCOCC2)C1. The molecule has 2 unspecified atom stereocenters. The van der Waals surface area contributed by atoms with Gasteiger partial charge in [-0.05, 0) is 65.2 Å². The largest absolute Gasteiger partial charge is 0.388 e. The number of ether oxygens (including phenoxy) is 2. The zero-order valence-corrected chi connectivity index (χ0v) is 14.2. The molecule has 2 fully saturated rings. The number of aliphatic hydroxyl groups excluding tert-OH is 1. The standard InChI is InChI=1S/C16H20BrClO3/c17-13-9-11(1-2-14(13)18)15(19)12-3-6-21-16(10-12)4-7-20-8-5-16/h1-2,9,12,15,19H,3-8,10H2. The van der Waals surface area contributed by atoms with Crippen molar-refractivity contribution in [3.63, 3.8) is 0 Å². The quantitative estimate of drug-likeness (QED) is 0.845. The molecule has 3 rings (SSSR count). The highest BCUT2D eigenvalue weighted by Crippen LogP contribution is 2.42. The van der Waals surface area contributed by atoms with Crippen LogP contribution in [0.5, 0.6) is 0 Å². The average Bonchev–Trinajstić information content (AvgIpc) is 2.50. The van der Waals surface area contributed by atoms with Crippen LogP contribution in [0.2, 0.25) is 5.02 Å². The Morgan fingerprint density at radius 3 is 2.76 bits per heavy atom. The van der Waals surface area contributed by atoms with E-state index >= 15 is 0 Å². The van der Waals surface area contributed by atoms with Crippen LogP contribution in [-0.4, -0.2) is 30.5 Å². The molecule has 116 valence electrons. The Morgan fingerprint density at radius 2 is 2.05 bits per heavy atom. The van der Waals surface area contributed by atoms with Crippen molar-refractivity contribution in [3.8, 4) is 0 Å². The lowest BCUT2D eigenvalue weighted by Crippen LogP contribution is -2.45. The number of aliphatic hydroxyl groups is 1. The van der Waals surface area contributed by atoms with Crippen molar-refractivity contribution < 1.29 is 14.6 Å². The molecule has 0 amide bonds. The van der Waals surface area contributed by atoms with Crippen LogP contribution in [0.4, 0.5) is 0 Å². The van der Waals surface area contributed by atoms with E-state index in [-0.39, 0.29) is 11.5 Å². The van der Waals surface area contributed by atoms with Gasteiger partial charge in [-0.25, -0.2) is 0 Å². The predicted molar refractivity (Wildman–Crippen MR) is 85.6 cm³/mol. The first-order valence-electron chi connectivity index (χ1n) is 7.44. The summed E-state index contributed by atoms with van der Waals surface area (Å²) in [6.45, 7) is 2.24. The van der Waals surface area contributed by atoms with Crippen LogP contribution in [-0.2, 0) is 9.47 Å². The van der Waals surface area contributed by atoms with Gasteiger partial charge in [-0.2, -0.15) is 0 Å². The fourth-order valence-corrected chi connectivity index (χ4v) is 3.91. The molecule has 2 aliphatic rings. The van der Waals surface area contributed by atoms with Crippen LogP contribution in [0.25, 0.3) is 0 Å². The van der Waals surface area contributed by atoms with Gasteiger partial charge in [-0.3, -0.25) is 0 Å². The van der Waals surface area contributed by atoms with Gasteiger partial charge in [0.1, 0.15) is 0 Å². The normalized spacial score (nSPS) is 26.7. The molecule has 1 N–H and O–H groups in total. The topological polar surface area (TPSA) is 38.7 Å². The molecule has 2 saturated heterocycles. The summed E-state index contributed by atoms with van der Waals surface area (Å²) in [5, 5.41) is 11.4. The van der Waals surface area contributed by atoms with Crippen molar-refractivity contribution >= 4 is 27.5 Å². The highest BCUT2D eigenvalue weighted by atomic mass is 79.9. The second-order valence-corrected chi connectivity index (χ2v) is 7.28. The highest BCUT2D eigenvalue weighted by molar-refractivity contribution is 9.10. The Bertz CT molecular complexity index is 497. The number of hydrogen-bond donors (Lipinski definition) is 1. The molecule has 0 aliphatic carbocycles. The highest BCUT2D eigenvalue weighted by Gasteiger charge is 2.41. The first-order valence-corrected chi connectivity index (χ1v) is 8.61. The molecule has 1 aromatic rings. The average molecular weight is 376 g/mol. The van der Waals surface area contributed by atoms with Crippen LogP contribution in [0.1, 0.15) is 37.4 Å². The van der Waals surface area contributed by atoms with E-state index in [4.69, 9.17) is 21.1 Å². The third-order valence-electron chi connectivity index (χ3n) is 4.67. The van der Waals surface area contributed by atoms with Gasteiger partial charge in [-0.15, -0.1) is 0 Å². The molecule has 1 aromatic carbocycles. The fourth-order valence-electron chi connectivity index (χ4n) is 3.40. The van der Waals surface area contributed by atoms with Gasteiger partial charge < -0.3 is 14.6 Å². The molecule has 2 heterocycles. The molecule has 0 bridgehead atoms. The van der Waals surface area contributed by atoms with E-state index in [9.17, 15) is 5.11 Å². The maximum atomic E-state index is 10.7. The van der Waals surface area contributed by atoms with Gasteiger partial charge in [0.25, 0.3) is 0 Å². The second kappa shape index (κ2) is 6.55. The van der Waals surface area contributed by atoms with E-state index in [0.29, 0.717) is 5.02 Å². The number of benzene rings is 1. The zero-order valence-electron chi connectivity index (χ0n) is 11.9. The number of halogens is 2. The lowest BCUT2D eigenvalue weighted by atomic mass is 9.77. The lowest BCUT2D eigenvalue weighted by molar-refractivity contribution is -0.159. The van der Waals surface area contributed by atoms with Gasteiger partial charge in [0, 0.05) is 24.3 Å². The van der Waals surface area contributed by atoms with Crippen LogP contribution >= 0.6 is 27.5 Å². The van der Waals surface area contributed by atoms with Crippen molar-refractivity contribution in [2.24, 2.45) is 5.92 Å². The third kappa shape index (κ3) is 3.45. The summed E-state index contributed by atoms with van der Waals surface area (Å²) >= 11 is 9.45. The molecule has 1 spiro atoms. The van der Waals surface area contributed by atoms with E-state index in [1.807, 2.05) is 18.2 Å². The van der Waals surface area contributed by atoms with E-state index < -0.39 is 6.10 Å². The first-order chi connectivity index (χ1) is 10.1. The molecule has 2 atom stereocenters. The summed E-state index contributed by atoms with van der Waals surface area (Å²) in [6, 6.07) is 5.65. The number of rotatable bonds is 2. The van der Waals surface area contributed by atoms with E-state index in [1.54, 1.807) is 0 Å². The molecule has 2 aliphatic heterocycles. The van der Waals surface area contributed by atoms with E-state index in [1.165, 1.54) is 0 Å². The molecule has 5 heteroatoms. The van der Waals surface area contributed by atoms with Crippen LogP contribution in [0.3, 0.4) is 0 Å². The summed E-state index contributed by atoms with van der Waals surface area (Å²) in [5.74, 6) is 0.227. The van der Waals surface area contributed by atoms with Crippen molar-refractivity contribution in [1.29, 1.82) is 0 Å². The Balaban J connectivity index is 1.74. The zero-order chi connectivity index (χ0) is 14.9. The van der Waals surface area contributed by atoms with Gasteiger partial charge in [0.05, 0.1) is 16.7 Å². The fraction of sp³-hybridized carbons (Fsp3) is 0.625. The molecule has 21 heavy (non-hydrogen) atoms. The first kappa shape index (κ1) is 15.8. The summed E-state index contributed by atoms with van der Waals surface area (Å²) in [4.78, 5) is 0. The van der Waals surface area contributed by atoms with Crippen molar-refractivity contribution in [1.82, 2.24) is 0 Å². The summed E-state index contributed by atoms with van der Waals surface area (Å²) in [7, 11) is 0. The molecule has 3 nitrogen and oxygen atoms in total. The lowest BCUT2D eigenvalue weighted by Gasteiger charge is -2.44.